The van der Waals surface area contributed by atoms with E-state index < -0.39 is 23.5 Å². The summed E-state index contributed by atoms with van der Waals surface area (Å²) in [6.07, 6.45) is 2.91. The van der Waals surface area contributed by atoms with Crippen LogP contribution in [0.25, 0.3) is 11.1 Å². The molecule has 1 saturated carbocycles. The maximum absolute atomic E-state index is 12.7. The van der Waals surface area contributed by atoms with Gasteiger partial charge in [0.2, 0.25) is 5.91 Å². The lowest BCUT2D eigenvalue weighted by molar-refractivity contribution is -0.149. The van der Waals surface area contributed by atoms with E-state index in [1.807, 2.05) is 31.2 Å². The molecule has 0 aromatic heterocycles. The van der Waals surface area contributed by atoms with Crippen molar-refractivity contribution >= 4 is 18.0 Å². The number of carboxylic acid groups (broad SMARTS) is 1. The van der Waals surface area contributed by atoms with Crippen molar-refractivity contribution in [1.29, 1.82) is 0 Å². The van der Waals surface area contributed by atoms with E-state index in [0.29, 0.717) is 19.3 Å². The summed E-state index contributed by atoms with van der Waals surface area (Å²) in [6.45, 7) is 3.89. The second kappa shape index (κ2) is 10.5. The van der Waals surface area contributed by atoms with Crippen LogP contribution in [-0.4, -0.2) is 41.8 Å². The van der Waals surface area contributed by atoms with Gasteiger partial charge in [-0.1, -0.05) is 68.3 Å². The summed E-state index contributed by atoms with van der Waals surface area (Å²) in [4.78, 5) is 37.1. The molecule has 35 heavy (non-hydrogen) atoms. The third kappa shape index (κ3) is 5.19. The maximum Gasteiger partial charge on any atom is 0.407 e. The van der Waals surface area contributed by atoms with E-state index in [2.05, 4.69) is 34.9 Å². The number of alkyl carbamates (subject to hydrolysis) is 1. The molecule has 0 saturated heterocycles. The highest BCUT2D eigenvalue weighted by Gasteiger charge is 2.46. The predicted molar refractivity (Wildman–Crippen MR) is 133 cm³/mol. The zero-order valence-electron chi connectivity index (χ0n) is 20.4. The molecule has 0 heterocycles. The molecule has 7 heteroatoms. The van der Waals surface area contributed by atoms with Gasteiger partial charge < -0.3 is 20.5 Å². The van der Waals surface area contributed by atoms with Crippen molar-refractivity contribution in [3.8, 4) is 11.1 Å². The number of hydrogen-bond acceptors (Lipinski definition) is 4. The number of benzene rings is 2. The van der Waals surface area contributed by atoms with Crippen LogP contribution < -0.4 is 10.6 Å². The van der Waals surface area contributed by atoms with Crippen LogP contribution in [0.4, 0.5) is 4.79 Å². The maximum atomic E-state index is 12.7. The van der Waals surface area contributed by atoms with Crippen molar-refractivity contribution in [3.63, 3.8) is 0 Å². The van der Waals surface area contributed by atoms with Gasteiger partial charge in [0.25, 0.3) is 0 Å². The summed E-state index contributed by atoms with van der Waals surface area (Å²) in [5, 5.41) is 15.3. The number of carbonyl (C=O) groups excluding carboxylic acids is 2. The van der Waals surface area contributed by atoms with Crippen LogP contribution in [0.1, 0.15) is 69.4 Å². The molecule has 3 atom stereocenters. The third-order valence-electron chi connectivity index (χ3n) is 7.52. The number of rotatable bonds is 9. The molecular weight excluding hydrogens is 444 g/mol. The van der Waals surface area contributed by atoms with Crippen molar-refractivity contribution < 1.29 is 24.2 Å². The van der Waals surface area contributed by atoms with E-state index in [-0.39, 0.29) is 30.9 Å². The fraction of sp³-hybridized carbons (Fsp3) is 0.464. The highest BCUT2D eigenvalue weighted by atomic mass is 16.5. The smallest absolute Gasteiger partial charge is 0.407 e. The Bertz CT molecular complexity index is 1050. The van der Waals surface area contributed by atoms with Gasteiger partial charge in [-0.3, -0.25) is 9.59 Å². The van der Waals surface area contributed by atoms with Crippen LogP contribution in [0.15, 0.2) is 48.5 Å². The SMILES string of the molecule is CCC[C@@H](CC(=O)NC1CCCC1(C)C(=O)O)NC(=O)OCC1c2ccccc2-c2ccccc21. The van der Waals surface area contributed by atoms with Crippen molar-refractivity contribution in [2.75, 3.05) is 6.61 Å². The quantitative estimate of drug-likeness (QED) is 0.478. The Hall–Kier alpha value is -3.35. The van der Waals surface area contributed by atoms with Crippen LogP contribution in [0, 0.1) is 5.41 Å². The Morgan fingerprint density at radius 2 is 1.71 bits per heavy atom. The molecule has 7 nitrogen and oxygen atoms in total. The van der Waals surface area contributed by atoms with Crippen LogP contribution in [-0.2, 0) is 14.3 Å². The number of hydrogen-bond donors (Lipinski definition) is 3. The monoisotopic (exact) mass is 478 g/mol. The Kier molecular flexibility index (Phi) is 7.43. The largest absolute Gasteiger partial charge is 0.481 e. The first-order valence-corrected chi connectivity index (χ1v) is 12.5. The van der Waals surface area contributed by atoms with E-state index in [4.69, 9.17) is 4.74 Å². The molecule has 1 fully saturated rings. The molecule has 3 N–H and O–H groups in total. The molecule has 4 rings (SSSR count). The molecule has 0 spiro atoms. The summed E-state index contributed by atoms with van der Waals surface area (Å²) in [5.74, 6) is -1.17. The molecule has 0 radical (unpaired) electrons. The fourth-order valence-electron chi connectivity index (χ4n) is 5.51. The number of fused-ring (bicyclic) bond motifs is 3. The third-order valence-corrected chi connectivity index (χ3v) is 7.52. The molecule has 2 aromatic carbocycles. The van der Waals surface area contributed by atoms with Gasteiger partial charge in [-0.25, -0.2) is 4.79 Å². The Morgan fingerprint density at radius 1 is 1.09 bits per heavy atom. The van der Waals surface area contributed by atoms with Crippen molar-refractivity contribution in [3.05, 3.63) is 59.7 Å². The summed E-state index contributed by atoms with van der Waals surface area (Å²) < 4.78 is 5.64. The minimum Gasteiger partial charge on any atom is -0.481 e. The van der Waals surface area contributed by atoms with Gasteiger partial charge in [0, 0.05) is 24.4 Å². The van der Waals surface area contributed by atoms with Crippen LogP contribution in [0.3, 0.4) is 0 Å². The molecule has 2 amide bonds. The lowest BCUT2D eigenvalue weighted by atomic mass is 9.85. The average molecular weight is 479 g/mol. The highest BCUT2D eigenvalue weighted by molar-refractivity contribution is 5.81. The number of ether oxygens (including phenoxy) is 1. The Morgan fingerprint density at radius 3 is 2.31 bits per heavy atom. The zero-order valence-corrected chi connectivity index (χ0v) is 20.4. The molecule has 186 valence electrons. The van der Waals surface area contributed by atoms with Gasteiger partial charge in [0.1, 0.15) is 6.61 Å². The summed E-state index contributed by atoms with van der Waals surface area (Å²) in [7, 11) is 0. The van der Waals surface area contributed by atoms with Gasteiger partial charge in [-0.05, 0) is 48.4 Å². The second-order valence-electron chi connectivity index (χ2n) is 9.89. The summed E-state index contributed by atoms with van der Waals surface area (Å²) in [6, 6.07) is 15.5. The first-order chi connectivity index (χ1) is 16.8. The van der Waals surface area contributed by atoms with E-state index in [9.17, 15) is 19.5 Å². The molecule has 2 aliphatic rings. The number of nitrogens with one attached hydrogen (secondary N) is 2. The Balaban J connectivity index is 1.34. The lowest BCUT2D eigenvalue weighted by Crippen LogP contribution is -2.48. The normalized spacial score (nSPS) is 21.6. The van der Waals surface area contributed by atoms with E-state index in [0.717, 1.165) is 35.1 Å². The van der Waals surface area contributed by atoms with Crippen molar-refractivity contribution in [2.45, 2.75) is 70.4 Å². The van der Waals surface area contributed by atoms with Gasteiger partial charge in [0.05, 0.1) is 5.41 Å². The summed E-state index contributed by atoms with van der Waals surface area (Å²) >= 11 is 0. The van der Waals surface area contributed by atoms with E-state index in [1.165, 1.54) is 0 Å². The standard InChI is InChI=1S/C28H34N2O5/c1-3-9-18(16-25(31)30-24-14-8-15-28(24,2)26(32)33)29-27(34)35-17-23-21-12-6-4-10-19(21)20-11-5-7-13-22(20)23/h4-7,10-13,18,23-24H,3,8-9,14-17H2,1-2H3,(H,29,34)(H,30,31)(H,32,33)/t18-,24?,28?/m0/s1. The first kappa shape index (κ1) is 24.8. The zero-order chi connectivity index (χ0) is 25.0. The van der Waals surface area contributed by atoms with Gasteiger partial charge in [-0.15, -0.1) is 0 Å². The van der Waals surface area contributed by atoms with Crippen LogP contribution >= 0.6 is 0 Å². The molecule has 0 aliphatic heterocycles. The molecular formula is C28H34N2O5. The lowest BCUT2D eigenvalue weighted by Gasteiger charge is -2.28. The van der Waals surface area contributed by atoms with Crippen molar-refractivity contribution in [1.82, 2.24) is 10.6 Å². The van der Waals surface area contributed by atoms with Crippen LogP contribution in [0.5, 0.6) is 0 Å². The van der Waals surface area contributed by atoms with Crippen molar-refractivity contribution in [2.24, 2.45) is 5.41 Å². The van der Waals surface area contributed by atoms with Gasteiger partial charge in [-0.2, -0.15) is 0 Å². The number of amides is 2. The van der Waals surface area contributed by atoms with Gasteiger partial charge in [0.15, 0.2) is 0 Å². The summed E-state index contributed by atoms with van der Waals surface area (Å²) in [5.41, 5.74) is 3.67. The number of carboxylic acids is 1. The minimum absolute atomic E-state index is 0.0304. The fourth-order valence-corrected chi connectivity index (χ4v) is 5.51. The first-order valence-electron chi connectivity index (χ1n) is 12.5. The molecule has 2 aromatic rings. The topological polar surface area (TPSA) is 105 Å². The average Bonchev–Trinajstić information content (AvgIpc) is 3.36. The number of aliphatic carboxylic acids is 1. The van der Waals surface area contributed by atoms with E-state index >= 15 is 0 Å². The Labute approximate surface area is 206 Å². The molecule has 2 aliphatic carbocycles. The minimum atomic E-state index is -0.948. The highest BCUT2D eigenvalue weighted by Crippen LogP contribution is 2.44. The van der Waals surface area contributed by atoms with E-state index in [1.54, 1.807) is 6.92 Å². The molecule has 0 bridgehead atoms. The van der Waals surface area contributed by atoms with Crippen LogP contribution in [0.2, 0.25) is 0 Å². The number of carbonyl (C=O) groups is 3. The van der Waals surface area contributed by atoms with Gasteiger partial charge >= 0.3 is 12.1 Å². The second-order valence-corrected chi connectivity index (χ2v) is 9.89. The predicted octanol–water partition coefficient (Wildman–Crippen LogP) is 4.84. The molecule has 2 unspecified atom stereocenters.